The average Bonchev–Trinajstić information content (AvgIpc) is 2.66. The number of carbonyl (C=O) groups is 6. The summed E-state index contributed by atoms with van der Waals surface area (Å²) in [6, 6.07) is -5.81. The molecule has 0 saturated heterocycles. The third-order valence-corrected chi connectivity index (χ3v) is 4.02. The van der Waals surface area contributed by atoms with E-state index in [1.54, 1.807) is 0 Å². The molecule has 4 atom stereocenters. The summed E-state index contributed by atoms with van der Waals surface area (Å²) in [6.45, 7) is -0.900. The maximum atomic E-state index is 12.4. The quantitative estimate of drug-likeness (QED) is 0.114. The molecule has 0 aromatic carbocycles. The molecule has 0 aliphatic carbocycles. The number of aliphatic carboxylic acids is 2. The second kappa shape index (κ2) is 13.3. The van der Waals surface area contributed by atoms with Crippen LogP contribution in [-0.2, 0) is 28.8 Å². The van der Waals surface area contributed by atoms with E-state index in [-0.39, 0.29) is 12.2 Å². The Bertz CT molecular complexity index is 675. The Morgan fingerprint density at radius 2 is 1.37 bits per heavy atom. The minimum atomic E-state index is -1.62. The first kappa shape index (κ1) is 27.1. The molecular formula is C15H25N5O9S. The number of hydrogen-bond acceptors (Lipinski definition) is 9. The van der Waals surface area contributed by atoms with Crippen LogP contribution < -0.4 is 27.4 Å². The number of aliphatic hydroxyl groups is 1. The number of rotatable bonds is 14. The van der Waals surface area contributed by atoms with E-state index in [0.29, 0.717) is 0 Å². The summed E-state index contributed by atoms with van der Waals surface area (Å²) in [7, 11) is 0. The summed E-state index contributed by atoms with van der Waals surface area (Å²) in [5.74, 6) is -6.87. The van der Waals surface area contributed by atoms with E-state index in [1.807, 2.05) is 5.32 Å². The Morgan fingerprint density at radius 3 is 1.80 bits per heavy atom. The lowest BCUT2D eigenvalue weighted by Crippen LogP contribution is -2.58. The Balaban J connectivity index is 5.16. The van der Waals surface area contributed by atoms with E-state index in [2.05, 4.69) is 23.3 Å². The summed E-state index contributed by atoms with van der Waals surface area (Å²) in [5.41, 5.74) is 10.6. The number of nitrogens with two attached hydrogens (primary N) is 2. The molecule has 4 amide bonds. The summed E-state index contributed by atoms with van der Waals surface area (Å²) in [5, 5.41) is 32.7. The molecule has 0 saturated carbocycles. The van der Waals surface area contributed by atoms with Gasteiger partial charge in [0, 0.05) is 12.2 Å². The van der Waals surface area contributed by atoms with Gasteiger partial charge in [0.05, 0.1) is 19.1 Å². The molecule has 4 unspecified atom stereocenters. The van der Waals surface area contributed by atoms with Crippen LogP contribution in [0.4, 0.5) is 0 Å². The molecule has 14 nitrogen and oxygen atoms in total. The van der Waals surface area contributed by atoms with Crippen molar-refractivity contribution in [2.75, 3.05) is 12.4 Å². The molecule has 10 N–H and O–H groups in total. The van der Waals surface area contributed by atoms with Crippen molar-refractivity contribution in [1.82, 2.24) is 16.0 Å². The molecule has 0 rings (SSSR count). The molecule has 0 aromatic heterocycles. The zero-order chi connectivity index (χ0) is 23.4. The Morgan fingerprint density at radius 1 is 0.867 bits per heavy atom. The maximum absolute atomic E-state index is 12.4. The molecule has 0 aromatic rings. The predicted molar refractivity (Wildman–Crippen MR) is 103 cm³/mol. The van der Waals surface area contributed by atoms with E-state index >= 15 is 0 Å². The van der Waals surface area contributed by atoms with Crippen molar-refractivity contribution in [3.05, 3.63) is 0 Å². The highest BCUT2D eigenvalue weighted by atomic mass is 32.1. The molecule has 0 aliphatic heterocycles. The molecule has 0 spiro atoms. The first-order valence-corrected chi connectivity index (χ1v) is 9.17. The molecule has 170 valence electrons. The average molecular weight is 451 g/mol. The number of nitrogens with one attached hydrogen (secondary N) is 3. The highest BCUT2D eigenvalue weighted by Crippen LogP contribution is 2.00. The van der Waals surface area contributed by atoms with Crippen LogP contribution in [0.15, 0.2) is 0 Å². The van der Waals surface area contributed by atoms with Gasteiger partial charge in [-0.05, 0) is 6.42 Å². The van der Waals surface area contributed by atoms with Gasteiger partial charge in [-0.2, -0.15) is 12.6 Å². The third kappa shape index (κ3) is 10.0. The van der Waals surface area contributed by atoms with Gasteiger partial charge in [-0.25, -0.2) is 4.79 Å². The molecule has 0 bridgehead atoms. The van der Waals surface area contributed by atoms with Gasteiger partial charge in [-0.3, -0.25) is 24.0 Å². The predicted octanol–water partition coefficient (Wildman–Crippen LogP) is -4.48. The van der Waals surface area contributed by atoms with Gasteiger partial charge in [0.15, 0.2) is 0 Å². The Hall–Kier alpha value is -2.91. The van der Waals surface area contributed by atoms with Crippen LogP contribution in [-0.4, -0.2) is 87.4 Å². The molecule has 30 heavy (non-hydrogen) atoms. The molecule has 15 heteroatoms. The Kier molecular flexibility index (Phi) is 12.0. The number of carboxylic acid groups (broad SMARTS) is 2. The number of carbonyl (C=O) groups excluding carboxylic acids is 4. The minimum Gasteiger partial charge on any atom is -0.481 e. The van der Waals surface area contributed by atoms with Gasteiger partial charge in [-0.15, -0.1) is 0 Å². The number of hydrogen-bond donors (Lipinski definition) is 9. The lowest BCUT2D eigenvalue weighted by molar-refractivity contribution is -0.143. The van der Waals surface area contributed by atoms with Gasteiger partial charge >= 0.3 is 11.9 Å². The third-order valence-electron chi connectivity index (χ3n) is 3.66. The van der Waals surface area contributed by atoms with Crippen LogP contribution in [0.2, 0.25) is 0 Å². The molecule has 0 radical (unpaired) electrons. The van der Waals surface area contributed by atoms with Crippen LogP contribution in [0, 0.1) is 0 Å². The zero-order valence-electron chi connectivity index (χ0n) is 15.7. The van der Waals surface area contributed by atoms with Gasteiger partial charge in [0.2, 0.25) is 23.6 Å². The van der Waals surface area contributed by atoms with Crippen molar-refractivity contribution >= 4 is 48.2 Å². The standard InChI is InChI=1S/C15H25N5O9S/c16-6(1-2-11(23)24)12(25)18-7(3-10(17)22)13(26)20-9(5-30)14(27)19-8(4-21)15(28)29/h6-9,21,30H,1-5,16H2,(H2,17,22)(H,18,25)(H,19,27)(H,20,26)(H,23,24)(H,28,29). The first-order chi connectivity index (χ1) is 13.9. The molecule has 0 fully saturated rings. The lowest BCUT2D eigenvalue weighted by atomic mass is 10.1. The summed E-state index contributed by atoms with van der Waals surface area (Å²) >= 11 is 3.88. The number of carboxylic acids is 2. The largest absolute Gasteiger partial charge is 0.481 e. The van der Waals surface area contributed by atoms with Gasteiger partial charge < -0.3 is 42.7 Å². The number of amides is 4. The number of aliphatic hydroxyl groups excluding tert-OH is 1. The minimum absolute atomic E-state index is 0.231. The summed E-state index contributed by atoms with van der Waals surface area (Å²) < 4.78 is 0. The molecule has 0 heterocycles. The highest BCUT2D eigenvalue weighted by molar-refractivity contribution is 7.80. The molecular weight excluding hydrogens is 426 g/mol. The molecule has 0 aliphatic rings. The van der Waals surface area contributed by atoms with Crippen molar-refractivity contribution in [3.8, 4) is 0 Å². The summed E-state index contributed by atoms with van der Waals surface area (Å²) in [6.07, 6.45) is -1.29. The second-order valence-electron chi connectivity index (χ2n) is 6.10. The van der Waals surface area contributed by atoms with Crippen molar-refractivity contribution < 1.29 is 44.1 Å². The normalized spacial score (nSPS) is 14.5. The van der Waals surface area contributed by atoms with E-state index in [1.165, 1.54) is 0 Å². The smallest absolute Gasteiger partial charge is 0.328 e. The van der Waals surface area contributed by atoms with Crippen molar-refractivity contribution in [2.24, 2.45) is 11.5 Å². The second-order valence-corrected chi connectivity index (χ2v) is 6.46. The van der Waals surface area contributed by atoms with Gasteiger partial charge in [-0.1, -0.05) is 0 Å². The van der Waals surface area contributed by atoms with Crippen molar-refractivity contribution in [2.45, 2.75) is 43.4 Å². The monoisotopic (exact) mass is 451 g/mol. The van der Waals surface area contributed by atoms with Gasteiger partial charge in [0.25, 0.3) is 0 Å². The van der Waals surface area contributed by atoms with E-state index < -0.39 is 79.2 Å². The fourth-order valence-corrected chi connectivity index (χ4v) is 2.28. The highest BCUT2D eigenvalue weighted by Gasteiger charge is 2.30. The van der Waals surface area contributed by atoms with Crippen LogP contribution >= 0.6 is 12.6 Å². The van der Waals surface area contributed by atoms with Crippen LogP contribution in [0.5, 0.6) is 0 Å². The first-order valence-electron chi connectivity index (χ1n) is 8.54. The zero-order valence-corrected chi connectivity index (χ0v) is 16.6. The fraction of sp³-hybridized carbons (Fsp3) is 0.600. The van der Waals surface area contributed by atoms with E-state index in [9.17, 15) is 28.8 Å². The van der Waals surface area contributed by atoms with Crippen molar-refractivity contribution in [3.63, 3.8) is 0 Å². The fourth-order valence-electron chi connectivity index (χ4n) is 2.02. The Labute approximate surface area is 176 Å². The number of thiol groups is 1. The topological polar surface area (TPSA) is 251 Å². The number of primary amides is 1. The van der Waals surface area contributed by atoms with Crippen LogP contribution in [0.1, 0.15) is 19.3 Å². The van der Waals surface area contributed by atoms with Crippen LogP contribution in [0.3, 0.4) is 0 Å². The van der Waals surface area contributed by atoms with Crippen LogP contribution in [0.25, 0.3) is 0 Å². The summed E-state index contributed by atoms with van der Waals surface area (Å²) in [4.78, 5) is 69.2. The SMILES string of the molecule is NC(=O)CC(NC(=O)C(N)CCC(=O)O)C(=O)NC(CS)C(=O)NC(CO)C(=O)O. The van der Waals surface area contributed by atoms with E-state index in [0.717, 1.165) is 0 Å². The van der Waals surface area contributed by atoms with Crippen molar-refractivity contribution in [1.29, 1.82) is 0 Å². The maximum Gasteiger partial charge on any atom is 0.328 e. The van der Waals surface area contributed by atoms with Gasteiger partial charge in [0.1, 0.15) is 18.1 Å². The van der Waals surface area contributed by atoms with E-state index in [4.69, 9.17) is 26.8 Å². The lowest BCUT2D eigenvalue weighted by Gasteiger charge is -2.23.